The van der Waals surface area contributed by atoms with E-state index in [9.17, 15) is 13.2 Å². The van der Waals surface area contributed by atoms with E-state index in [1.807, 2.05) is 0 Å². The van der Waals surface area contributed by atoms with Gasteiger partial charge in [0.1, 0.15) is 0 Å². The van der Waals surface area contributed by atoms with Crippen molar-refractivity contribution in [1.29, 1.82) is 0 Å². The molecule has 8 heteroatoms. The van der Waals surface area contributed by atoms with Crippen LogP contribution in [-0.4, -0.2) is 43.8 Å². The quantitative estimate of drug-likeness (QED) is 0.881. The second-order valence-corrected chi connectivity index (χ2v) is 7.58. The summed E-state index contributed by atoms with van der Waals surface area (Å²) >= 11 is 0. The van der Waals surface area contributed by atoms with Crippen molar-refractivity contribution in [3.63, 3.8) is 0 Å². The number of nitrogens with zero attached hydrogens (tertiary/aromatic N) is 2. The molecule has 3 rings (SSSR count). The number of hydrogen-bond donors (Lipinski definition) is 1. The fraction of sp³-hybridized carbons (Fsp3) is 0.294. The molecule has 2 aromatic rings. The Morgan fingerprint density at radius 3 is 2.48 bits per heavy atom. The van der Waals surface area contributed by atoms with Crippen LogP contribution in [0.5, 0.6) is 5.75 Å². The van der Waals surface area contributed by atoms with E-state index in [2.05, 4.69) is 10.3 Å². The van der Waals surface area contributed by atoms with Crippen LogP contribution in [0, 0.1) is 0 Å². The zero-order valence-electron chi connectivity index (χ0n) is 13.8. The number of hydrogen-bond acceptors (Lipinski definition) is 5. The lowest BCUT2D eigenvalue weighted by Gasteiger charge is -2.15. The summed E-state index contributed by atoms with van der Waals surface area (Å²) in [5, 5.41) is 2.66. The monoisotopic (exact) mass is 361 g/mol. The van der Waals surface area contributed by atoms with Crippen LogP contribution in [0.1, 0.15) is 23.2 Å². The van der Waals surface area contributed by atoms with Crippen molar-refractivity contribution in [3.8, 4) is 5.75 Å². The highest BCUT2D eigenvalue weighted by Crippen LogP contribution is 2.23. The molecule has 1 aromatic heterocycles. The van der Waals surface area contributed by atoms with Crippen molar-refractivity contribution >= 4 is 21.7 Å². The van der Waals surface area contributed by atoms with Crippen molar-refractivity contribution < 1.29 is 17.9 Å². The zero-order valence-corrected chi connectivity index (χ0v) is 14.6. The number of ether oxygens (including phenoxy) is 1. The van der Waals surface area contributed by atoms with E-state index in [1.165, 1.54) is 35.7 Å². The highest BCUT2D eigenvalue weighted by Gasteiger charge is 2.27. The number of pyridine rings is 1. The summed E-state index contributed by atoms with van der Waals surface area (Å²) in [6, 6.07) is 9.29. The molecule has 1 saturated heterocycles. The van der Waals surface area contributed by atoms with Gasteiger partial charge < -0.3 is 10.1 Å². The zero-order chi connectivity index (χ0) is 17.9. The van der Waals surface area contributed by atoms with Crippen molar-refractivity contribution in [2.75, 3.05) is 25.5 Å². The van der Waals surface area contributed by atoms with Gasteiger partial charge in [-0.1, -0.05) is 0 Å². The number of methoxy groups -OCH3 is 1. The summed E-state index contributed by atoms with van der Waals surface area (Å²) in [5.41, 5.74) is 0.341. The minimum absolute atomic E-state index is 0.196. The third-order valence-electron chi connectivity index (χ3n) is 4.04. The number of anilines is 1. The van der Waals surface area contributed by atoms with Crippen LogP contribution < -0.4 is 10.1 Å². The number of aromatic nitrogens is 1. The molecule has 1 N–H and O–H groups in total. The van der Waals surface area contributed by atoms with E-state index in [0.717, 1.165) is 12.8 Å². The lowest BCUT2D eigenvalue weighted by Crippen LogP contribution is -2.27. The molecule has 1 fully saturated rings. The average Bonchev–Trinajstić information content (AvgIpc) is 3.18. The minimum Gasteiger partial charge on any atom is -0.493 e. The van der Waals surface area contributed by atoms with Crippen LogP contribution in [0.2, 0.25) is 0 Å². The molecule has 0 atom stereocenters. The molecule has 1 amide bonds. The second kappa shape index (κ2) is 7.20. The fourth-order valence-electron chi connectivity index (χ4n) is 2.68. The topological polar surface area (TPSA) is 88.6 Å². The standard InChI is InChI=1S/C17H19N3O4S/c1-24-15-5-4-10-18-16(15)19-17(21)13-6-8-14(9-7-13)25(22,23)20-11-2-3-12-20/h4-10H,2-3,11-12H2,1H3,(H,18,19,21). The van der Waals surface area contributed by atoms with Crippen LogP contribution >= 0.6 is 0 Å². The summed E-state index contributed by atoms with van der Waals surface area (Å²) in [6.07, 6.45) is 3.31. The Balaban J connectivity index is 1.77. The Labute approximate surface area is 146 Å². The number of benzene rings is 1. The third-order valence-corrected chi connectivity index (χ3v) is 5.95. The molecule has 1 aliphatic heterocycles. The van der Waals surface area contributed by atoms with Gasteiger partial charge in [0, 0.05) is 24.8 Å². The van der Waals surface area contributed by atoms with E-state index in [-0.39, 0.29) is 10.8 Å². The molecule has 132 valence electrons. The molecule has 2 heterocycles. The first-order valence-corrected chi connectivity index (χ1v) is 9.37. The second-order valence-electron chi connectivity index (χ2n) is 5.64. The van der Waals surface area contributed by atoms with Gasteiger partial charge >= 0.3 is 0 Å². The molecule has 0 unspecified atom stereocenters. The molecule has 0 radical (unpaired) electrons. The Morgan fingerprint density at radius 1 is 1.16 bits per heavy atom. The van der Waals surface area contributed by atoms with E-state index in [4.69, 9.17) is 4.74 Å². The number of rotatable bonds is 5. The number of nitrogens with one attached hydrogen (secondary N) is 1. The van der Waals surface area contributed by atoms with Gasteiger partial charge in [-0.25, -0.2) is 13.4 Å². The highest BCUT2D eigenvalue weighted by atomic mass is 32.2. The third kappa shape index (κ3) is 3.64. The van der Waals surface area contributed by atoms with Crippen molar-refractivity contribution in [1.82, 2.24) is 9.29 Å². The van der Waals surface area contributed by atoms with Crippen molar-refractivity contribution in [2.24, 2.45) is 0 Å². The van der Waals surface area contributed by atoms with Gasteiger partial charge in [-0.2, -0.15) is 4.31 Å². The molecule has 0 saturated carbocycles. The van der Waals surface area contributed by atoms with Gasteiger partial charge in [0.15, 0.2) is 11.6 Å². The molecule has 0 aliphatic carbocycles. The van der Waals surface area contributed by atoms with Crippen molar-refractivity contribution in [3.05, 3.63) is 48.2 Å². The van der Waals surface area contributed by atoms with Gasteiger partial charge in [-0.15, -0.1) is 0 Å². The highest BCUT2D eigenvalue weighted by molar-refractivity contribution is 7.89. The number of amides is 1. The maximum Gasteiger partial charge on any atom is 0.256 e. The molecule has 7 nitrogen and oxygen atoms in total. The lowest BCUT2D eigenvalue weighted by molar-refractivity contribution is 0.102. The van der Waals surface area contributed by atoms with E-state index < -0.39 is 10.0 Å². The lowest BCUT2D eigenvalue weighted by atomic mass is 10.2. The number of carbonyl (C=O) groups excluding carboxylic acids is 1. The predicted octanol–water partition coefficient (Wildman–Crippen LogP) is 2.13. The van der Waals surface area contributed by atoms with Crippen molar-refractivity contribution in [2.45, 2.75) is 17.7 Å². The van der Waals surface area contributed by atoms with E-state index >= 15 is 0 Å². The Kier molecular flexibility index (Phi) is 5.00. The SMILES string of the molecule is COc1cccnc1NC(=O)c1ccc(S(=O)(=O)N2CCCC2)cc1. The van der Waals surface area contributed by atoms with Crippen LogP contribution in [-0.2, 0) is 10.0 Å². The average molecular weight is 361 g/mol. The molecular formula is C17H19N3O4S. The first kappa shape index (κ1) is 17.4. The summed E-state index contributed by atoms with van der Waals surface area (Å²) in [6.45, 7) is 1.09. The van der Waals surface area contributed by atoms with Crippen LogP contribution in [0.25, 0.3) is 0 Å². The maximum absolute atomic E-state index is 12.5. The molecule has 1 aromatic carbocycles. The number of sulfonamides is 1. The minimum atomic E-state index is -3.48. The Morgan fingerprint density at radius 2 is 1.84 bits per heavy atom. The van der Waals surface area contributed by atoms with Crippen LogP contribution in [0.3, 0.4) is 0 Å². The van der Waals surface area contributed by atoms with Gasteiger partial charge in [0.05, 0.1) is 12.0 Å². The summed E-state index contributed by atoms with van der Waals surface area (Å²) in [4.78, 5) is 16.6. The normalized spacial score (nSPS) is 15.1. The molecule has 0 spiro atoms. The number of carbonyl (C=O) groups is 1. The first-order chi connectivity index (χ1) is 12.0. The summed E-state index contributed by atoms with van der Waals surface area (Å²) in [5.74, 6) is 0.370. The predicted molar refractivity (Wildman–Crippen MR) is 93.2 cm³/mol. The van der Waals surface area contributed by atoms with Crippen LogP contribution in [0.15, 0.2) is 47.5 Å². The fourth-order valence-corrected chi connectivity index (χ4v) is 4.20. The summed E-state index contributed by atoms with van der Waals surface area (Å²) in [7, 11) is -1.99. The Bertz CT molecular complexity index is 860. The smallest absolute Gasteiger partial charge is 0.256 e. The summed E-state index contributed by atoms with van der Waals surface area (Å²) < 4.78 is 31.6. The first-order valence-electron chi connectivity index (χ1n) is 7.93. The van der Waals surface area contributed by atoms with Gasteiger partial charge in [-0.05, 0) is 49.2 Å². The van der Waals surface area contributed by atoms with Gasteiger partial charge in [0.2, 0.25) is 10.0 Å². The maximum atomic E-state index is 12.5. The molecular weight excluding hydrogens is 342 g/mol. The molecule has 0 bridgehead atoms. The molecule has 25 heavy (non-hydrogen) atoms. The van der Waals surface area contributed by atoms with Gasteiger partial charge in [0.25, 0.3) is 5.91 Å². The van der Waals surface area contributed by atoms with E-state index in [1.54, 1.807) is 18.3 Å². The molecule has 1 aliphatic rings. The van der Waals surface area contributed by atoms with E-state index in [0.29, 0.717) is 30.2 Å². The van der Waals surface area contributed by atoms with Crippen LogP contribution in [0.4, 0.5) is 5.82 Å². The largest absolute Gasteiger partial charge is 0.493 e. The van der Waals surface area contributed by atoms with Gasteiger partial charge in [-0.3, -0.25) is 4.79 Å². The Hall–Kier alpha value is -2.45.